The predicted octanol–water partition coefficient (Wildman–Crippen LogP) is 2.46. The van der Waals surface area contributed by atoms with E-state index in [-0.39, 0.29) is 11.8 Å². The number of nitrogens with one attached hydrogen (secondary N) is 2. The maximum atomic E-state index is 11.8. The molecule has 0 radical (unpaired) electrons. The van der Waals surface area contributed by atoms with Crippen LogP contribution in [0, 0.1) is 0 Å². The van der Waals surface area contributed by atoms with Crippen LogP contribution in [0.1, 0.15) is 29.7 Å². The van der Waals surface area contributed by atoms with Crippen molar-refractivity contribution in [2.75, 3.05) is 11.9 Å². The highest BCUT2D eigenvalue weighted by Gasteiger charge is 2.17. The fraction of sp³-hybridized carbons (Fsp3) is 0.333. The van der Waals surface area contributed by atoms with Crippen molar-refractivity contribution < 1.29 is 14.0 Å². The van der Waals surface area contributed by atoms with Gasteiger partial charge in [0.25, 0.3) is 0 Å². The molecule has 0 bridgehead atoms. The van der Waals surface area contributed by atoms with Gasteiger partial charge in [-0.15, -0.1) is 0 Å². The summed E-state index contributed by atoms with van der Waals surface area (Å²) in [7, 11) is 0. The van der Waals surface area contributed by atoms with E-state index in [0.29, 0.717) is 25.8 Å². The molecule has 0 atom stereocenters. The number of carbonyl (C=O) groups excluding carboxylic acids is 2. The van der Waals surface area contributed by atoms with E-state index in [1.165, 1.54) is 5.56 Å². The van der Waals surface area contributed by atoms with Crippen LogP contribution in [0.15, 0.2) is 41.0 Å². The summed E-state index contributed by atoms with van der Waals surface area (Å²) >= 11 is 0. The molecule has 23 heavy (non-hydrogen) atoms. The Balaban J connectivity index is 1.37. The highest BCUT2D eigenvalue weighted by atomic mass is 16.3. The summed E-state index contributed by atoms with van der Waals surface area (Å²) in [4.78, 5) is 23.1. The third-order valence-electron chi connectivity index (χ3n) is 3.94. The zero-order chi connectivity index (χ0) is 16.1. The zero-order valence-electron chi connectivity index (χ0n) is 12.9. The molecule has 2 aromatic rings. The van der Waals surface area contributed by atoms with Crippen molar-refractivity contribution in [3.05, 3.63) is 53.5 Å². The van der Waals surface area contributed by atoms with E-state index in [1.54, 1.807) is 6.26 Å². The average Bonchev–Trinajstić information content (AvgIpc) is 3.15. The molecule has 3 rings (SSSR count). The lowest BCUT2D eigenvalue weighted by Gasteiger charge is -2.06. The fourth-order valence-electron chi connectivity index (χ4n) is 2.76. The van der Waals surface area contributed by atoms with Crippen molar-refractivity contribution in [3.63, 3.8) is 0 Å². The number of carbonyl (C=O) groups is 2. The normalized spacial score (nSPS) is 12.8. The fourth-order valence-corrected chi connectivity index (χ4v) is 2.76. The Labute approximate surface area is 135 Å². The molecule has 2 heterocycles. The lowest BCUT2D eigenvalue weighted by molar-refractivity contribution is -0.121. The van der Waals surface area contributed by atoms with Gasteiger partial charge in [-0.25, -0.2) is 0 Å². The zero-order valence-corrected chi connectivity index (χ0v) is 12.9. The Morgan fingerprint density at radius 2 is 2.17 bits per heavy atom. The quantitative estimate of drug-likeness (QED) is 0.825. The number of amides is 2. The molecule has 5 nitrogen and oxygen atoms in total. The van der Waals surface area contributed by atoms with Crippen LogP contribution >= 0.6 is 0 Å². The minimum Gasteiger partial charge on any atom is -0.469 e. The number of furan rings is 1. The van der Waals surface area contributed by atoms with Crippen molar-refractivity contribution in [2.45, 2.75) is 32.1 Å². The van der Waals surface area contributed by atoms with E-state index in [0.717, 1.165) is 29.9 Å². The summed E-state index contributed by atoms with van der Waals surface area (Å²) in [5, 5.41) is 5.72. The maximum Gasteiger partial charge on any atom is 0.228 e. The molecule has 1 aliphatic heterocycles. The molecular weight excluding hydrogens is 292 g/mol. The smallest absolute Gasteiger partial charge is 0.228 e. The molecule has 0 saturated heterocycles. The molecule has 0 fully saturated rings. The summed E-state index contributed by atoms with van der Waals surface area (Å²) < 4.78 is 5.22. The lowest BCUT2D eigenvalue weighted by atomic mass is 10.0. The van der Waals surface area contributed by atoms with Gasteiger partial charge in [0.1, 0.15) is 5.76 Å². The van der Waals surface area contributed by atoms with Gasteiger partial charge in [-0.1, -0.05) is 12.1 Å². The summed E-state index contributed by atoms with van der Waals surface area (Å²) in [6.07, 6.45) is 4.95. The Morgan fingerprint density at radius 1 is 1.26 bits per heavy atom. The second-order valence-corrected chi connectivity index (χ2v) is 5.75. The van der Waals surface area contributed by atoms with Crippen molar-refractivity contribution in [2.24, 2.45) is 0 Å². The Hall–Kier alpha value is -2.56. The van der Waals surface area contributed by atoms with Gasteiger partial charge in [0, 0.05) is 25.1 Å². The molecule has 120 valence electrons. The van der Waals surface area contributed by atoms with Crippen molar-refractivity contribution >= 4 is 17.5 Å². The van der Waals surface area contributed by atoms with Gasteiger partial charge in [0.05, 0.1) is 12.7 Å². The van der Waals surface area contributed by atoms with Crippen LogP contribution in [-0.4, -0.2) is 18.4 Å². The van der Waals surface area contributed by atoms with Crippen LogP contribution < -0.4 is 10.6 Å². The Morgan fingerprint density at radius 3 is 3.00 bits per heavy atom. The van der Waals surface area contributed by atoms with Crippen molar-refractivity contribution in [1.82, 2.24) is 5.32 Å². The minimum atomic E-state index is 0.0492. The number of aryl methyl sites for hydroxylation is 1. The van der Waals surface area contributed by atoms with E-state index in [4.69, 9.17) is 4.42 Å². The first-order chi connectivity index (χ1) is 11.2. The van der Waals surface area contributed by atoms with E-state index in [1.807, 2.05) is 24.3 Å². The van der Waals surface area contributed by atoms with Crippen LogP contribution in [0.3, 0.4) is 0 Å². The van der Waals surface area contributed by atoms with Gasteiger partial charge in [-0.3, -0.25) is 9.59 Å². The SMILES string of the molecule is O=C(CCCc1ccc2c(c1)CC(=O)N2)NCCc1ccco1. The first-order valence-electron chi connectivity index (χ1n) is 7.91. The van der Waals surface area contributed by atoms with Gasteiger partial charge in [-0.2, -0.15) is 0 Å². The first kappa shape index (κ1) is 15.3. The third-order valence-corrected chi connectivity index (χ3v) is 3.94. The average molecular weight is 312 g/mol. The molecule has 0 unspecified atom stereocenters. The van der Waals surface area contributed by atoms with Gasteiger partial charge >= 0.3 is 0 Å². The number of fused-ring (bicyclic) bond motifs is 1. The first-order valence-corrected chi connectivity index (χ1v) is 7.91. The number of anilines is 1. The third kappa shape index (κ3) is 4.22. The topological polar surface area (TPSA) is 71.3 Å². The summed E-state index contributed by atoms with van der Waals surface area (Å²) in [5.41, 5.74) is 3.13. The molecule has 5 heteroatoms. The summed E-state index contributed by atoms with van der Waals surface area (Å²) in [5.74, 6) is 0.995. The van der Waals surface area contributed by atoms with Crippen molar-refractivity contribution in [3.8, 4) is 0 Å². The number of hydrogen-bond acceptors (Lipinski definition) is 3. The van der Waals surface area contributed by atoms with Gasteiger partial charge in [-0.05, 0) is 42.2 Å². The van der Waals surface area contributed by atoms with Crippen LogP contribution in [0.2, 0.25) is 0 Å². The second-order valence-electron chi connectivity index (χ2n) is 5.75. The van der Waals surface area contributed by atoms with E-state index < -0.39 is 0 Å². The lowest BCUT2D eigenvalue weighted by Crippen LogP contribution is -2.25. The predicted molar refractivity (Wildman–Crippen MR) is 87.1 cm³/mol. The summed E-state index contributed by atoms with van der Waals surface area (Å²) in [6.45, 7) is 0.596. The maximum absolute atomic E-state index is 11.8. The van der Waals surface area contributed by atoms with Crippen LogP contribution in [0.25, 0.3) is 0 Å². The second kappa shape index (κ2) is 7.13. The van der Waals surface area contributed by atoms with E-state index in [9.17, 15) is 9.59 Å². The molecule has 1 aromatic carbocycles. The highest BCUT2D eigenvalue weighted by molar-refractivity contribution is 5.99. The van der Waals surface area contributed by atoms with E-state index >= 15 is 0 Å². The van der Waals surface area contributed by atoms with Gasteiger partial charge < -0.3 is 15.1 Å². The largest absolute Gasteiger partial charge is 0.469 e. The Kier molecular flexibility index (Phi) is 4.76. The molecule has 0 saturated carbocycles. The molecule has 0 aliphatic carbocycles. The number of benzene rings is 1. The molecule has 1 aliphatic rings. The molecule has 2 N–H and O–H groups in total. The van der Waals surface area contributed by atoms with Crippen LogP contribution in [0.4, 0.5) is 5.69 Å². The van der Waals surface area contributed by atoms with Crippen molar-refractivity contribution in [1.29, 1.82) is 0 Å². The van der Waals surface area contributed by atoms with E-state index in [2.05, 4.69) is 16.7 Å². The van der Waals surface area contributed by atoms with Gasteiger partial charge in [0.15, 0.2) is 0 Å². The molecule has 2 amide bonds. The highest BCUT2D eigenvalue weighted by Crippen LogP contribution is 2.24. The monoisotopic (exact) mass is 312 g/mol. The summed E-state index contributed by atoms with van der Waals surface area (Å²) in [6, 6.07) is 9.76. The molecule has 0 spiro atoms. The molecular formula is C18H20N2O3. The number of hydrogen-bond donors (Lipinski definition) is 2. The van der Waals surface area contributed by atoms with Crippen LogP contribution in [-0.2, 0) is 28.9 Å². The number of rotatable bonds is 7. The minimum absolute atomic E-state index is 0.0492. The standard InChI is InChI=1S/C18H20N2O3/c21-17(19-9-8-15-4-2-10-23-15)5-1-3-13-6-7-16-14(11-13)12-18(22)20-16/h2,4,6-7,10-11H,1,3,5,8-9,12H2,(H,19,21)(H,20,22). The van der Waals surface area contributed by atoms with Gasteiger partial charge in [0.2, 0.25) is 11.8 Å². The molecule has 1 aromatic heterocycles. The van der Waals surface area contributed by atoms with Crippen LogP contribution in [0.5, 0.6) is 0 Å². The Bertz CT molecular complexity index is 692.